The van der Waals surface area contributed by atoms with E-state index in [0.717, 1.165) is 0 Å². The predicted octanol–water partition coefficient (Wildman–Crippen LogP) is 2.36. The van der Waals surface area contributed by atoms with Gasteiger partial charge in [0.1, 0.15) is 5.69 Å². The normalized spacial score (nSPS) is 14.3. The van der Waals surface area contributed by atoms with Crippen molar-refractivity contribution in [1.82, 2.24) is 14.9 Å². The van der Waals surface area contributed by atoms with E-state index in [0.29, 0.717) is 54.2 Å². The van der Waals surface area contributed by atoms with Crippen molar-refractivity contribution in [3.05, 3.63) is 46.7 Å². The van der Waals surface area contributed by atoms with Gasteiger partial charge in [0.25, 0.3) is 5.91 Å². The maximum atomic E-state index is 12.5. The molecule has 2 aromatic rings. The highest BCUT2D eigenvalue weighted by molar-refractivity contribution is 6.30. The number of hydrogen-bond donors (Lipinski definition) is 1. The molecule has 0 spiro atoms. The van der Waals surface area contributed by atoms with Crippen LogP contribution in [0.15, 0.2) is 30.3 Å². The largest absolute Gasteiger partial charge is 0.339 e. The Bertz CT molecular complexity index is 817. The summed E-state index contributed by atoms with van der Waals surface area (Å²) in [4.78, 5) is 36.6. The molecular weight excluding hydrogens is 354 g/mol. The van der Waals surface area contributed by atoms with E-state index in [2.05, 4.69) is 15.3 Å². The molecule has 7 nitrogen and oxygen atoms in total. The van der Waals surface area contributed by atoms with Gasteiger partial charge in [0.2, 0.25) is 11.9 Å². The summed E-state index contributed by atoms with van der Waals surface area (Å²) < 4.78 is 0. The van der Waals surface area contributed by atoms with Crippen molar-refractivity contribution in [3.8, 4) is 0 Å². The van der Waals surface area contributed by atoms with E-state index in [1.165, 1.54) is 0 Å². The van der Waals surface area contributed by atoms with E-state index in [1.54, 1.807) is 42.2 Å². The number of amides is 2. The summed E-state index contributed by atoms with van der Waals surface area (Å²) >= 11 is 5.86. The Kier molecular flexibility index (Phi) is 5.37. The standard InChI is InChI=1S/C18H20ClN5O2/c1-12-11-16(17(26)21-15-5-3-14(19)4-6-15)22-18(20-12)24-9-7-23(8-10-24)13(2)25/h3-6,11H,7-10H2,1-2H3,(H,21,26). The Morgan fingerprint density at radius 2 is 1.73 bits per heavy atom. The van der Waals surface area contributed by atoms with Crippen molar-refractivity contribution in [1.29, 1.82) is 0 Å². The number of carbonyl (C=O) groups excluding carboxylic acids is 2. The molecule has 1 saturated heterocycles. The minimum absolute atomic E-state index is 0.0674. The molecule has 1 aliphatic heterocycles. The number of anilines is 2. The predicted molar refractivity (Wildman–Crippen MR) is 101 cm³/mol. The lowest BCUT2D eigenvalue weighted by Crippen LogP contribution is -2.48. The molecule has 0 bridgehead atoms. The molecule has 0 atom stereocenters. The van der Waals surface area contributed by atoms with Gasteiger partial charge in [-0.1, -0.05) is 11.6 Å². The Labute approximate surface area is 157 Å². The first kappa shape index (κ1) is 18.1. The molecule has 8 heteroatoms. The van der Waals surface area contributed by atoms with Crippen LogP contribution in [0.4, 0.5) is 11.6 Å². The third kappa shape index (κ3) is 4.29. The summed E-state index contributed by atoms with van der Waals surface area (Å²) in [6.45, 7) is 5.93. The third-order valence-electron chi connectivity index (χ3n) is 4.18. The monoisotopic (exact) mass is 373 g/mol. The zero-order valence-electron chi connectivity index (χ0n) is 14.7. The zero-order chi connectivity index (χ0) is 18.7. The van der Waals surface area contributed by atoms with Crippen molar-refractivity contribution in [2.45, 2.75) is 13.8 Å². The van der Waals surface area contributed by atoms with Crippen LogP contribution in [0.3, 0.4) is 0 Å². The highest BCUT2D eigenvalue weighted by Crippen LogP contribution is 2.16. The van der Waals surface area contributed by atoms with Gasteiger partial charge in [0.05, 0.1) is 0 Å². The summed E-state index contributed by atoms with van der Waals surface area (Å²) in [5.41, 5.74) is 1.66. The van der Waals surface area contributed by atoms with E-state index in [4.69, 9.17) is 11.6 Å². The molecular formula is C18H20ClN5O2. The highest BCUT2D eigenvalue weighted by Gasteiger charge is 2.22. The maximum absolute atomic E-state index is 12.5. The summed E-state index contributed by atoms with van der Waals surface area (Å²) in [7, 11) is 0. The number of benzene rings is 1. The van der Waals surface area contributed by atoms with Crippen molar-refractivity contribution in [3.63, 3.8) is 0 Å². The molecule has 136 valence electrons. The first-order valence-corrected chi connectivity index (χ1v) is 8.73. The highest BCUT2D eigenvalue weighted by atomic mass is 35.5. The van der Waals surface area contributed by atoms with Gasteiger partial charge < -0.3 is 15.1 Å². The Hall–Kier alpha value is -2.67. The summed E-state index contributed by atoms with van der Waals surface area (Å²) in [6.07, 6.45) is 0. The van der Waals surface area contributed by atoms with Crippen molar-refractivity contribution in [2.75, 3.05) is 36.4 Å². The smallest absolute Gasteiger partial charge is 0.274 e. The fourth-order valence-electron chi connectivity index (χ4n) is 2.76. The fourth-order valence-corrected chi connectivity index (χ4v) is 2.89. The van der Waals surface area contributed by atoms with Gasteiger partial charge >= 0.3 is 0 Å². The lowest BCUT2D eigenvalue weighted by Gasteiger charge is -2.34. The maximum Gasteiger partial charge on any atom is 0.274 e. The minimum Gasteiger partial charge on any atom is -0.339 e. The molecule has 0 radical (unpaired) electrons. The van der Waals surface area contributed by atoms with Gasteiger partial charge in [-0.15, -0.1) is 0 Å². The molecule has 3 rings (SSSR count). The van der Waals surface area contributed by atoms with Crippen LogP contribution in [-0.2, 0) is 4.79 Å². The van der Waals surface area contributed by atoms with Crippen LogP contribution < -0.4 is 10.2 Å². The minimum atomic E-state index is -0.304. The van der Waals surface area contributed by atoms with Crippen molar-refractivity contribution >= 4 is 35.1 Å². The molecule has 2 heterocycles. The second kappa shape index (κ2) is 7.70. The molecule has 1 fully saturated rings. The number of nitrogens with zero attached hydrogens (tertiary/aromatic N) is 4. The molecule has 0 aliphatic carbocycles. The molecule has 2 amide bonds. The first-order valence-electron chi connectivity index (χ1n) is 8.35. The van der Waals surface area contributed by atoms with Crippen LogP contribution in [0.5, 0.6) is 0 Å². The summed E-state index contributed by atoms with van der Waals surface area (Å²) in [6, 6.07) is 8.54. The zero-order valence-corrected chi connectivity index (χ0v) is 15.5. The SMILES string of the molecule is CC(=O)N1CCN(c2nc(C)cc(C(=O)Nc3ccc(Cl)cc3)n2)CC1. The Morgan fingerprint density at radius 1 is 1.08 bits per heavy atom. The average Bonchev–Trinajstić information content (AvgIpc) is 2.63. The number of piperazine rings is 1. The molecule has 1 aromatic heterocycles. The Balaban J connectivity index is 1.74. The van der Waals surface area contributed by atoms with Crippen LogP contribution in [0.25, 0.3) is 0 Å². The van der Waals surface area contributed by atoms with Crippen molar-refractivity contribution < 1.29 is 9.59 Å². The summed E-state index contributed by atoms with van der Waals surface area (Å²) in [5.74, 6) is 0.272. The van der Waals surface area contributed by atoms with Gasteiger partial charge in [-0.3, -0.25) is 9.59 Å². The number of aromatic nitrogens is 2. The van der Waals surface area contributed by atoms with E-state index in [-0.39, 0.29) is 11.8 Å². The number of nitrogens with one attached hydrogen (secondary N) is 1. The number of hydrogen-bond acceptors (Lipinski definition) is 5. The van der Waals surface area contributed by atoms with E-state index in [9.17, 15) is 9.59 Å². The lowest BCUT2D eigenvalue weighted by atomic mass is 10.2. The molecule has 1 N–H and O–H groups in total. The van der Waals surface area contributed by atoms with Crippen LogP contribution in [0.1, 0.15) is 23.1 Å². The first-order chi connectivity index (χ1) is 12.4. The van der Waals surface area contributed by atoms with Gasteiger partial charge in [-0.2, -0.15) is 0 Å². The second-order valence-corrected chi connectivity index (χ2v) is 6.59. The summed E-state index contributed by atoms with van der Waals surface area (Å²) in [5, 5.41) is 3.41. The Morgan fingerprint density at radius 3 is 2.35 bits per heavy atom. The number of carbonyl (C=O) groups is 2. The van der Waals surface area contributed by atoms with Crippen LogP contribution in [0, 0.1) is 6.92 Å². The van der Waals surface area contributed by atoms with Gasteiger partial charge in [-0.05, 0) is 37.3 Å². The van der Waals surface area contributed by atoms with Gasteiger partial charge in [0, 0.05) is 49.5 Å². The lowest BCUT2D eigenvalue weighted by molar-refractivity contribution is -0.129. The van der Waals surface area contributed by atoms with E-state index < -0.39 is 0 Å². The number of aryl methyl sites for hydroxylation is 1. The van der Waals surface area contributed by atoms with Crippen molar-refractivity contribution in [2.24, 2.45) is 0 Å². The number of rotatable bonds is 3. The van der Waals surface area contributed by atoms with Crippen LogP contribution in [0.2, 0.25) is 5.02 Å². The molecule has 0 unspecified atom stereocenters. The second-order valence-electron chi connectivity index (χ2n) is 6.15. The fraction of sp³-hybridized carbons (Fsp3) is 0.333. The quantitative estimate of drug-likeness (QED) is 0.893. The topological polar surface area (TPSA) is 78.4 Å². The van der Waals surface area contributed by atoms with Gasteiger partial charge in [0.15, 0.2) is 0 Å². The molecule has 1 aromatic carbocycles. The van der Waals surface area contributed by atoms with Crippen LogP contribution >= 0.6 is 11.6 Å². The third-order valence-corrected chi connectivity index (χ3v) is 4.44. The number of halogens is 1. The van der Waals surface area contributed by atoms with Gasteiger partial charge in [-0.25, -0.2) is 9.97 Å². The molecule has 26 heavy (non-hydrogen) atoms. The molecule has 1 aliphatic rings. The molecule has 0 saturated carbocycles. The van der Waals surface area contributed by atoms with E-state index in [1.807, 2.05) is 11.8 Å². The van der Waals surface area contributed by atoms with E-state index >= 15 is 0 Å². The van der Waals surface area contributed by atoms with Crippen LogP contribution in [-0.4, -0.2) is 52.9 Å². The average molecular weight is 374 g/mol.